The van der Waals surface area contributed by atoms with Crippen LogP contribution >= 0.6 is 0 Å². The number of carbonyl (C=O) groups is 1. The minimum Gasteiger partial charge on any atom is -0.508 e. The molecule has 0 bridgehead atoms. The van der Waals surface area contributed by atoms with Crippen LogP contribution in [0.2, 0.25) is 0 Å². The van der Waals surface area contributed by atoms with E-state index >= 15 is 0 Å². The van der Waals surface area contributed by atoms with Gasteiger partial charge in [-0.3, -0.25) is 14.9 Å². The first-order chi connectivity index (χ1) is 9.80. The number of phenols is 1. The summed E-state index contributed by atoms with van der Waals surface area (Å²) in [5, 5.41) is 20.4. The SMILES string of the molecule is O=C(c1cc(O)ccc1[N+](=O)[O-])N1CCCS(=O)(=O)CC1. The Morgan fingerprint density at radius 2 is 2.00 bits per heavy atom. The predicted molar refractivity (Wildman–Crippen MR) is 73.9 cm³/mol. The molecule has 1 saturated heterocycles. The number of phenolic OH excluding ortho intramolecular Hbond substituents is 1. The number of nitro groups is 1. The Morgan fingerprint density at radius 1 is 1.29 bits per heavy atom. The van der Waals surface area contributed by atoms with E-state index in [2.05, 4.69) is 0 Å². The van der Waals surface area contributed by atoms with Crippen LogP contribution in [0, 0.1) is 10.1 Å². The fraction of sp³-hybridized carbons (Fsp3) is 0.417. The molecule has 0 spiro atoms. The highest BCUT2D eigenvalue weighted by Gasteiger charge is 2.28. The Labute approximate surface area is 121 Å². The van der Waals surface area contributed by atoms with Gasteiger partial charge in [-0.1, -0.05) is 0 Å². The third kappa shape index (κ3) is 3.48. The fourth-order valence-electron chi connectivity index (χ4n) is 2.17. The van der Waals surface area contributed by atoms with Crippen LogP contribution in [0.5, 0.6) is 5.75 Å². The maximum atomic E-state index is 12.4. The third-order valence-electron chi connectivity index (χ3n) is 3.25. The molecule has 1 aliphatic rings. The molecule has 0 aliphatic carbocycles. The van der Waals surface area contributed by atoms with Crippen molar-refractivity contribution in [2.75, 3.05) is 24.6 Å². The van der Waals surface area contributed by atoms with E-state index in [0.29, 0.717) is 6.42 Å². The molecule has 2 rings (SSSR count). The number of amides is 1. The molecule has 1 heterocycles. The van der Waals surface area contributed by atoms with Crippen molar-refractivity contribution >= 4 is 21.4 Å². The molecule has 1 aromatic carbocycles. The van der Waals surface area contributed by atoms with Gasteiger partial charge in [0.25, 0.3) is 11.6 Å². The molecule has 0 radical (unpaired) electrons. The van der Waals surface area contributed by atoms with Gasteiger partial charge in [-0.25, -0.2) is 8.42 Å². The lowest BCUT2D eigenvalue weighted by atomic mass is 10.1. The third-order valence-corrected chi connectivity index (χ3v) is 4.97. The number of carbonyl (C=O) groups excluding carboxylic acids is 1. The molecule has 8 nitrogen and oxygen atoms in total. The summed E-state index contributed by atoms with van der Waals surface area (Å²) in [6.07, 6.45) is 0.292. The molecule has 1 N–H and O–H groups in total. The van der Waals surface area contributed by atoms with Crippen LogP contribution in [-0.4, -0.2) is 53.8 Å². The summed E-state index contributed by atoms with van der Waals surface area (Å²) in [6, 6.07) is 3.21. The van der Waals surface area contributed by atoms with Crippen LogP contribution in [0.25, 0.3) is 0 Å². The number of hydrogen-bond acceptors (Lipinski definition) is 6. The Morgan fingerprint density at radius 3 is 2.67 bits per heavy atom. The minimum atomic E-state index is -3.18. The van der Waals surface area contributed by atoms with Gasteiger partial charge in [0.1, 0.15) is 11.3 Å². The lowest BCUT2D eigenvalue weighted by Crippen LogP contribution is -2.34. The zero-order chi connectivity index (χ0) is 15.6. The topological polar surface area (TPSA) is 118 Å². The van der Waals surface area contributed by atoms with Gasteiger partial charge >= 0.3 is 0 Å². The van der Waals surface area contributed by atoms with Gasteiger partial charge in [-0.2, -0.15) is 0 Å². The number of nitro benzene ring substituents is 1. The van der Waals surface area contributed by atoms with Gasteiger partial charge in [-0.05, 0) is 18.6 Å². The van der Waals surface area contributed by atoms with Crippen molar-refractivity contribution in [3.8, 4) is 5.75 Å². The molecule has 21 heavy (non-hydrogen) atoms. The quantitative estimate of drug-likeness (QED) is 0.629. The van der Waals surface area contributed by atoms with Gasteiger partial charge in [0.05, 0.1) is 16.4 Å². The molecule has 1 amide bonds. The standard InChI is InChI=1S/C12H14N2O6S/c15-9-2-3-11(14(17)18)10(8-9)12(16)13-4-1-6-21(19,20)7-5-13/h2-3,8,15H,1,4-7H2. The van der Waals surface area contributed by atoms with E-state index in [-0.39, 0.29) is 35.9 Å². The van der Waals surface area contributed by atoms with E-state index in [4.69, 9.17) is 0 Å². The zero-order valence-corrected chi connectivity index (χ0v) is 11.9. The Balaban J connectivity index is 2.32. The highest BCUT2D eigenvalue weighted by atomic mass is 32.2. The second-order valence-corrected chi connectivity index (χ2v) is 7.06. The van der Waals surface area contributed by atoms with Crippen LogP contribution in [0.1, 0.15) is 16.8 Å². The summed E-state index contributed by atoms with van der Waals surface area (Å²) < 4.78 is 23.0. The molecule has 1 aliphatic heterocycles. The molecule has 0 aromatic heterocycles. The number of rotatable bonds is 2. The first-order valence-corrected chi connectivity index (χ1v) is 8.09. The van der Waals surface area contributed by atoms with Crippen molar-refractivity contribution < 1.29 is 23.2 Å². The van der Waals surface area contributed by atoms with Gasteiger partial charge in [0.15, 0.2) is 9.84 Å². The van der Waals surface area contributed by atoms with Gasteiger partial charge in [-0.15, -0.1) is 0 Å². The Hall–Kier alpha value is -2.16. The molecule has 114 valence electrons. The second-order valence-electron chi connectivity index (χ2n) is 4.76. The van der Waals surface area contributed by atoms with Crippen molar-refractivity contribution in [1.82, 2.24) is 4.90 Å². The largest absolute Gasteiger partial charge is 0.508 e. The molecule has 1 fully saturated rings. The maximum Gasteiger partial charge on any atom is 0.282 e. The zero-order valence-electron chi connectivity index (χ0n) is 11.1. The fourth-order valence-corrected chi connectivity index (χ4v) is 3.44. The average Bonchev–Trinajstić information content (AvgIpc) is 2.58. The Kier molecular flexibility index (Phi) is 4.12. The molecule has 1 aromatic rings. The Bertz CT molecular complexity index is 685. The molecule has 0 saturated carbocycles. The minimum absolute atomic E-state index is 0.00108. The summed E-state index contributed by atoms with van der Waals surface area (Å²) in [6.45, 7) is 0.207. The molecule has 0 unspecified atom stereocenters. The lowest BCUT2D eigenvalue weighted by Gasteiger charge is -2.19. The van der Waals surface area contributed by atoms with E-state index in [9.17, 15) is 28.4 Å². The van der Waals surface area contributed by atoms with Crippen LogP contribution < -0.4 is 0 Å². The first-order valence-electron chi connectivity index (χ1n) is 6.27. The normalized spacial score (nSPS) is 18.0. The van der Waals surface area contributed by atoms with Crippen LogP contribution in [0.3, 0.4) is 0 Å². The second kappa shape index (κ2) is 5.68. The number of hydrogen-bond donors (Lipinski definition) is 1. The van der Waals surface area contributed by atoms with E-state index in [1.807, 2.05) is 0 Å². The number of benzene rings is 1. The predicted octanol–water partition coefficient (Wildman–Crippen LogP) is 0.561. The van der Waals surface area contributed by atoms with Gasteiger partial charge < -0.3 is 10.0 Å². The average molecular weight is 314 g/mol. The van der Waals surface area contributed by atoms with Crippen LogP contribution in [-0.2, 0) is 9.84 Å². The van der Waals surface area contributed by atoms with E-state index in [1.54, 1.807) is 0 Å². The molecule has 0 atom stereocenters. The van der Waals surface area contributed by atoms with Crippen LogP contribution in [0.15, 0.2) is 18.2 Å². The van der Waals surface area contributed by atoms with E-state index in [1.165, 1.54) is 4.90 Å². The van der Waals surface area contributed by atoms with Crippen molar-refractivity contribution in [2.45, 2.75) is 6.42 Å². The number of sulfone groups is 1. The van der Waals surface area contributed by atoms with Gasteiger partial charge in [0, 0.05) is 19.2 Å². The number of aromatic hydroxyl groups is 1. The monoisotopic (exact) mass is 314 g/mol. The van der Waals surface area contributed by atoms with Crippen molar-refractivity contribution in [3.05, 3.63) is 33.9 Å². The lowest BCUT2D eigenvalue weighted by molar-refractivity contribution is -0.385. The maximum absolute atomic E-state index is 12.4. The summed E-state index contributed by atoms with van der Waals surface area (Å²) in [4.78, 5) is 23.9. The summed E-state index contributed by atoms with van der Waals surface area (Å²) >= 11 is 0. The van der Waals surface area contributed by atoms with Crippen LogP contribution in [0.4, 0.5) is 5.69 Å². The first kappa shape index (κ1) is 15.2. The summed E-state index contributed by atoms with van der Waals surface area (Å²) in [7, 11) is -3.18. The van der Waals surface area contributed by atoms with Gasteiger partial charge in [0.2, 0.25) is 0 Å². The molecular weight excluding hydrogens is 300 g/mol. The highest BCUT2D eigenvalue weighted by Crippen LogP contribution is 2.25. The van der Waals surface area contributed by atoms with E-state index < -0.39 is 26.4 Å². The summed E-state index contributed by atoms with van der Waals surface area (Å²) in [5.41, 5.74) is -0.649. The van der Waals surface area contributed by atoms with Crippen molar-refractivity contribution in [1.29, 1.82) is 0 Å². The highest BCUT2D eigenvalue weighted by molar-refractivity contribution is 7.91. The van der Waals surface area contributed by atoms with Crippen molar-refractivity contribution in [3.63, 3.8) is 0 Å². The number of nitrogens with zero attached hydrogens (tertiary/aromatic N) is 2. The molecule has 9 heteroatoms. The van der Waals surface area contributed by atoms with Crippen molar-refractivity contribution in [2.24, 2.45) is 0 Å². The van der Waals surface area contributed by atoms with E-state index in [0.717, 1.165) is 18.2 Å². The molecular formula is C12H14N2O6S. The summed E-state index contributed by atoms with van der Waals surface area (Å²) in [5.74, 6) is -1.06. The smallest absolute Gasteiger partial charge is 0.282 e.